The van der Waals surface area contributed by atoms with E-state index >= 15 is 0 Å². The van der Waals surface area contributed by atoms with Gasteiger partial charge in [-0.15, -0.1) is 0 Å². The number of ether oxygens (including phenoxy) is 1. The third kappa shape index (κ3) is 2.88. The summed E-state index contributed by atoms with van der Waals surface area (Å²) in [5.74, 6) is 0.557. The summed E-state index contributed by atoms with van der Waals surface area (Å²) < 4.78 is 13.3. The van der Waals surface area contributed by atoms with Crippen LogP contribution in [-0.4, -0.2) is 20.6 Å². The molecule has 0 saturated carbocycles. The van der Waals surface area contributed by atoms with Crippen LogP contribution in [0, 0.1) is 0 Å². The van der Waals surface area contributed by atoms with Crippen molar-refractivity contribution in [3.05, 3.63) is 41.7 Å². The molecule has 2 aromatic rings. The van der Waals surface area contributed by atoms with E-state index in [4.69, 9.17) is 4.74 Å². The van der Waals surface area contributed by atoms with Gasteiger partial charge in [-0.05, 0) is 26.0 Å². The molecule has 0 atom stereocenters. The second-order valence-corrected chi connectivity index (χ2v) is 4.37. The van der Waals surface area contributed by atoms with Gasteiger partial charge in [0.25, 0.3) is 0 Å². The van der Waals surface area contributed by atoms with E-state index in [0.29, 0.717) is 17.0 Å². The Morgan fingerprint density at radius 2 is 2.24 bits per heavy atom. The average Bonchev–Trinajstić information content (AvgIpc) is 2.81. The Kier molecular flexibility index (Phi) is 3.49. The summed E-state index contributed by atoms with van der Waals surface area (Å²) in [7, 11) is 0. The van der Waals surface area contributed by atoms with Crippen molar-refractivity contribution in [3.63, 3.8) is 0 Å². The van der Waals surface area contributed by atoms with E-state index in [1.807, 2.05) is 19.9 Å². The van der Waals surface area contributed by atoms with Crippen molar-refractivity contribution in [2.24, 2.45) is 0 Å². The van der Waals surface area contributed by atoms with Crippen molar-refractivity contribution in [1.82, 2.24) is 8.75 Å². The average molecular weight is 248 g/mol. The number of carbonyl (C=O) groups excluding carboxylic acids is 1. The molecule has 1 heterocycles. The first-order chi connectivity index (χ1) is 8.16. The smallest absolute Gasteiger partial charge is 0.214 e. The number of carbonyl (C=O) groups is 1. The molecule has 17 heavy (non-hydrogen) atoms. The molecular weight excluding hydrogens is 236 g/mol. The molecule has 0 amide bonds. The zero-order valence-electron chi connectivity index (χ0n) is 9.58. The van der Waals surface area contributed by atoms with Crippen molar-refractivity contribution < 1.29 is 9.53 Å². The monoisotopic (exact) mass is 248 g/mol. The van der Waals surface area contributed by atoms with E-state index in [1.54, 1.807) is 18.2 Å². The van der Waals surface area contributed by atoms with Crippen molar-refractivity contribution in [2.45, 2.75) is 20.0 Å². The molecule has 88 valence electrons. The minimum Gasteiger partial charge on any atom is -0.491 e. The molecule has 0 spiro atoms. The number of hydrogen-bond donors (Lipinski definition) is 0. The van der Waals surface area contributed by atoms with Gasteiger partial charge in [0.2, 0.25) is 5.78 Å². The van der Waals surface area contributed by atoms with Gasteiger partial charge in [-0.2, -0.15) is 8.75 Å². The number of nitrogens with zero attached hydrogens (tertiary/aromatic N) is 2. The quantitative estimate of drug-likeness (QED) is 0.780. The maximum absolute atomic E-state index is 12.0. The number of aromatic nitrogens is 2. The van der Waals surface area contributed by atoms with Gasteiger partial charge < -0.3 is 4.74 Å². The standard InChI is InChI=1S/C12H12N2O2S/c1-8(2)16-10-5-3-4-9(6-10)12(15)11-7-13-17-14-11/h3-8H,1-2H3. The maximum Gasteiger partial charge on any atom is 0.214 e. The number of hydrogen-bond acceptors (Lipinski definition) is 5. The minimum absolute atomic E-state index is 0.0845. The lowest BCUT2D eigenvalue weighted by Gasteiger charge is -2.10. The van der Waals surface area contributed by atoms with E-state index in [9.17, 15) is 4.79 Å². The molecule has 0 bridgehead atoms. The summed E-state index contributed by atoms with van der Waals surface area (Å²) in [5, 5.41) is 0. The molecule has 1 aromatic carbocycles. The van der Waals surface area contributed by atoms with Crippen molar-refractivity contribution >= 4 is 17.5 Å². The van der Waals surface area contributed by atoms with Crippen LogP contribution >= 0.6 is 11.7 Å². The fourth-order valence-electron chi connectivity index (χ4n) is 1.40. The van der Waals surface area contributed by atoms with E-state index < -0.39 is 0 Å². The lowest BCUT2D eigenvalue weighted by atomic mass is 10.1. The first-order valence-electron chi connectivity index (χ1n) is 5.26. The Labute approximate surface area is 104 Å². The zero-order valence-corrected chi connectivity index (χ0v) is 10.4. The van der Waals surface area contributed by atoms with Gasteiger partial charge in [0.1, 0.15) is 11.4 Å². The van der Waals surface area contributed by atoms with Crippen LogP contribution in [0.4, 0.5) is 0 Å². The lowest BCUT2D eigenvalue weighted by molar-refractivity contribution is 0.103. The van der Waals surface area contributed by atoms with Gasteiger partial charge in [0.15, 0.2) is 0 Å². The van der Waals surface area contributed by atoms with Crippen LogP contribution in [0.5, 0.6) is 5.75 Å². The Balaban J connectivity index is 2.24. The summed E-state index contributed by atoms with van der Waals surface area (Å²) in [5.41, 5.74) is 0.938. The van der Waals surface area contributed by atoms with E-state index in [2.05, 4.69) is 8.75 Å². The van der Waals surface area contributed by atoms with Crippen molar-refractivity contribution in [2.75, 3.05) is 0 Å². The summed E-state index contributed by atoms with van der Waals surface area (Å²) >= 11 is 1.03. The van der Waals surface area contributed by atoms with Gasteiger partial charge in [-0.25, -0.2) is 0 Å². The predicted octanol–water partition coefficient (Wildman–Crippen LogP) is 2.56. The van der Waals surface area contributed by atoms with E-state index in [0.717, 1.165) is 11.7 Å². The fourth-order valence-corrected chi connectivity index (χ4v) is 1.81. The Morgan fingerprint density at radius 1 is 1.41 bits per heavy atom. The summed E-state index contributed by atoms with van der Waals surface area (Å²) in [4.78, 5) is 12.0. The molecule has 1 aromatic heterocycles. The molecule has 0 aliphatic rings. The summed E-state index contributed by atoms with van der Waals surface area (Å²) in [6.45, 7) is 3.89. The molecule has 0 N–H and O–H groups in total. The van der Waals surface area contributed by atoms with Crippen LogP contribution in [0.2, 0.25) is 0 Å². The molecule has 0 radical (unpaired) electrons. The largest absolute Gasteiger partial charge is 0.491 e. The highest BCUT2D eigenvalue weighted by Crippen LogP contribution is 2.17. The highest BCUT2D eigenvalue weighted by atomic mass is 32.1. The second kappa shape index (κ2) is 5.05. The van der Waals surface area contributed by atoms with Gasteiger partial charge in [-0.3, -0.25) is 4.79 Å². The van der Waals surface area contributed by atoms with E-state index in [1.165, 1.54) is 6.20 Å². The van der Waals surface area contributed by atoms with Gasteiger partial charge in [0.05, 0.1) is 24.0 Å². The van der Waals surface area contributed by atoms with Crippen LogP contribution in [0.1, 0.15) is 29.9 Å². The lowest BCUT2D eigenvalue weighted by Crippen LogP contribution is -2.07. The van der Waals surface area contributed by atoms with E-state index in [-0.39, 0.29) is 11.9 Å². The molecule has 0 aliphatic heterocycles. The van der Waals surface area contributed by atoms with Crippen molar-refractivity contribution in [1.29, 1.82) is 0 Å². The van der Waals surface area contributed by atoms with Gasteiger partial charge >= 0.3 is 0 Å². The summed E-state index contributed by atoms with van der Waals surface area (Å²) in [6, 6.07) is 7.09. The molecule has 4 nitrogen and oxygen atoms in total. The number of benzene rings is 1. The van der Waals surface area contributed by atoms with Gasteiger partial charge in [-0.1, -0.05) is 12.1 Å². The third-order valence-corrected chi connectivity index (χ3v) is 2.54. The fraction of sp³-hybridized carbons (Fsp3) is 0.250. The van der Waals surface area contributed by atoms with Crippen LogP contribution in [0.3, 0.4) is 0 Å². The topological polar surface area (TPSA) is 52.1 Å². The minimum atomic E-state index is -0.132. The summed E-state index contributed by atoms with van der Waals surface area (Å²) in [6.07, 6.45) is 1.56. The van der Waals surface area contributed by atoms with Crippen LogP contribution in [-0.2, 0) is 0 Å². The first-order valence-corrected chi connectivity index (χ1v) is 5.99. The highest BCUT2D eigenvalue weighted by Gasteiger charge is 2.12. The zero-order chi connectivity index (χ0) is 12.3. The molecule has 0 aliphatic carbocycles. The first kappa shape index (κ1) is 11.7. The highest BCUT2D eigenvalue weighted by molar-refractivity contribution is 6.99. The normalized spacial score (nSPS) is 10.5. The molecule has 5 heteroatoms. The molecular formula is C12H12N2O2S. The predicted molar refractivity (Wildman–Crippen MR) is 65.5 cm³/mol. The molecule has 2 rings (SSSR count). The SMILES string of the molecule is CC(C)Oc1cccc(C(=O)c2cnsn2)c1. The van der Waals surface area contributed by atoms with Crippen LogP contribution in [0.25, 0.3) is 0 Å². The Hall–Kier alpha value is -1.75. The van der Waals surface area contributed by atoms with Crippen LogP contribution < -0.4 is 4.74 Å². The second-order valence-electron chi connectivity index (χ2n) is 3.82. The Morgan fingerprint density at radius 3 is 2.88 bits per heavy atom. The molecule has 0 saturated heterocycles. The number of rotatable bonds is 4. The van der Waals surface area contributed by atoms with Crippen LogP contribution in [0.15, 0.2) is 30.5 Å². The third-order valence-electron chi connectivity index (χ3n) is 2.06. The maximum atomic E-state index is 12.0. The van der Waals surface area contributed by atoms with Gasteiger partial charge in [0, 0.05) is 5.56 Å². The van der Waals surface area contributed by atoms with Crippen molar-refractivity contribution in [3.8, 4) is 5.75 Å². The number of ketones is 1. The molecule has 0 unspecified atom stereocenters. The molecule has 0 fully saturated rings. The Bertz CT molecular complexity index is 509.